The molecule has 2 amide bonds. The first-order valence-electron chi connectivity index (χ1n) is 5.83. The second-order valence-electron chi connectivity index (χ2n) is 3.36. The van der Waals surface area contributed by atoms with Gasteiger partial charge in [-0.3, -0.25) is 9.59 Å². The quantitative estimate of drug-likeness (QED) is 0.409. The first kappa shape index (κ1) is 15.9. The lowest BCUT2D eigenvalue weighted by molar-refractivity contribution is -0.129. The highest BCUT2D eigenvalue weighted by molar-refractivity contribution is 5.96. The number of carbonyl (C=O) groups excluding carboxylic acids is 2. The number of hydrogen-bond acceptors (Lipinski definition) is 4. The van der Waals surface area contributed by atoms with E-state index >= 15 is 0 Å². The van der Waals surface area contributed by atoms with Crippen LogP contribution >= 0.6 is 0 Å². The van der Waals surface area contributed by atoms with Crippen molar-refractivity contribution in [3.8, 4) is 0 Å². The largest absolute Gasteiger partial charge is 0.382 e. The topological polar surface area (TPSA) is 76.7 Å². The molecule has 0 radical (unpaired) electrons. The Balaban J connectivity index is 3.22. The molecular weight excluding hydrogens is 224 g/mol. The lowest BCUT2D eigenvalue weighted by Gasteiger charge is -2.06. The molecule has 17 heavy (non-hydrogen) atoms. The third-order valence-electron chi connectivity index (χ3n) is 1.95. The molecule has 6 heteroatoms. The van der Waals surface area contributed by atoms with E-state index < -0.39 is 0 Å². The van der Waals surface area contributed by atoms with Crippen molar-refractivity contribution in [3.05, 3.63) is 0 Å². The maximum Gasteiger partial charge on any atom is 0.229 e. The Hall–Kier alpha value is -1.14. The standard InChI is InChI=1S/C11H22N2O4/c1-3-16-6-4-7-17-8-5-13-11(15)9-10(14)12-2/h3-9H2,1-2H3,(H,12,14)(H,13,15). The Morgan fingerprint density at radius 2 is 1.76 bits per heavy atom. The molecule has 6 nitrogen and oxygen atoms in total. The molecule has 0 rings (SSSR count). The predicted octanol–water partition coefficient (Wildman–Crippen LogP) is -0.318. The fourth-order valence-electron chi connectivity index (χ4n) is 1.07. The molecule has 0 spiro atoms. The van der Waals surface area contributed by atoms with E-state index in [1.54, 1.807) is 0 Å². The van der Waals surface area contributed by atoms with Gasteiger partial charge in [-0.05, 0) is 13.3 Å². The highest BCUT2D eigenvalue weighted by atomic mass is 16.5. The minimum absolute atomic E-state index is 0.138. The Kier molecular flexibility index (Phi) is 10.6. The van der Waals surface area contributed by atoms with Crippen LogP contribution in [0.2, 0.25) is 0 Å². The first-order chi connectivity index (χ1) is 8.20. The van der Waals surface area contributed by atoms with Crippen molar-refractivity contribution in [2.75, 3.05) is 40.0 Å². The van der Waals surface area contributed by atoms with Crippen LogP contribution in [0.5, 0.6) is 0 Å². The molecule has 0 aromatic rings. The summed E-state index contributed by atoms with van der Waals surface area (Å²) in [7, 11) is 1.50. The van der Waals surface area contributed by atoms with Crippen molar-refractivity contribution in [3.63, 3.8) is 0 Å². The van der Waals surface area contributed by atoms with Crippen molar-refractivity contribution in [2.45, 2.75) is 19.8 Å². The zero-order valence-electron chi connectivity index (χ0n) is 10.6. The van der Waals surface area contributed by atoms with Crippen molar-refractivity contribution >= 4 is 11.8 Å². The molecule has 0 aliphatic carbocycles. The summed E-state index contributed by atoms with van der Waals surface area (Å²) in [4.78, 5) is 22.0. The van der Waals surface area contributed by atoms with E-state index in [2.05, 4.69) is 10.6 Å². The molecular formula is C11H22N2O4. The monoisotopic (exact) mass is 246 g/mol. The van der Waals surface area contributed by atoms with Gasteiger partial charge in [0.25, 0.3) is 0 Å². The third kappa shape index (κ3) is 11.1. The molecule has 0 saturated heterocycles. The molecule has 0 unspecified atom stereocenters. The van der Waals surface area contributed by atoms with Gasteiger partial charge in [-0.25, -0.2) is 0 Å². The zero-order valence-corrected chi connectivity index (χ0v) is 10.6. The van der Waals surface area contributed by atoms with Crippen LogP contribution in [0, 0.1) is 0 Å². The minimum Gasteiger partial charge on any atom is -0.382 e. The van der Waals surface area contributed by atoms with Gasteiger partial charge in [-0.15, -0.1) is 0 Å². The van der Waals surface area contributed by atoms with Crippen LogP contribution in [-0.4, -0.2) is 51.8 Å². The summed E-state index contributed by atoms with van der Waals surface area (Å²) in [6, 6.07) is 0. The van der Waals surface area contributed by atoms with Gasteiger partial charge >= 0.3 is 0 Å². The van der Waals surface area contributed by atoms with E-state index in [4.69, 9.17) is 9.47 Å². The van der Waals surface area contributed by atoms with Gasteiger partial charge in [0, 0.05) is 33.4 Å². The van der Waals surface area contributed by atoms with Gasteiger partial charge in [0.15, 0.2) is 0 Å². The molecule has 0 heterocycles. The fourth-order valence-corrected chi connectivity index (χ4v) is 1.07. The molecule has 0 bridgehead atoms. The van der Waals surface area contributed by atoms with E-state index in [1.165, 1.54) is 7.05 Å². The van der Waals surface area contributed by atoms with E-state index in [0.717, 1.165) is 13.0 Å². The highest BCUT2D eigenvalue weighted by Gasteiger charge is 2.05. The highest BCUT2D eigenvalue weighted by Crippen LogP contribution is 1.85. The second kappa shape index (κ2) is 11.3. The zero-order chi connectivity index (χ0) is 12.9. The molecule has 0 aromatic heterocycles. The summed E-state index contributed by atoms with van der Waals surface area (Å²) in [5, 5.41) is 4.98. The van der Waals surface area contributed by atoms with Crippen LogP contribution in [-0.2, 0) is 19.1 Å². The van der Waals surface area contributed by atoms with Gasteiger partial charge in [0.05, 0.1) is 6.61 Å². The van der Waals surface area contributed by atoms with Gasteiger partial charge in [0.1, 0.15) is 6.42 Å². The van der Waals surface area contributed by atoms with Crippen molar-refractivity contribution in [1.29, 1.82) is 0 Å². The van der Waals surface area contributed by atoms with E-state index in [0.29, 0.717) is 26.4 Å². The normalized spacial score (nSPS) is 10.0. The van der Waals surface area contributed by atoms with Gasteiger partial charge in [-0.1, -0.05) is 0 Å². The minimum atomic E-state index is -0.292. The van der Waals surface area contributed by atoms with Crippen LogP contribution in [0.4, 0.5) is 0 Å². The summed E-state index contributed by atoms with van der Waals surface area (Å²) in [6.45, 7) is 4.85. The van der Waals surface area contributed by atoms with E-state index in [-0.39, 0.29) is 18.2 Å². The molecule has 0 fully saturated rings. The van der Waals surface area contributed by atoms with Crippen molar-refractivity contribution in [2.24, 2.45) is 0 Å². The Labute approximate surface area is 102 Å². The lowest BCUT2D eigenvalue weighted by Crippen LogP contribution is -2.32. The summed E-state index contributed by atoms with van der Waals surface area (Å²) in [5.74, 6) is -0.581. The third-order valence-corrected chi connectivity index (χ3v) is 1.95. The number of carbonyl (C=O) groups is 2. The average Bonchev–Trinajstić information content (AvgIpc) is 2.32. The Morgan fingerprint density at radius 3 is 2.41 bits per heavy atom. The van der Waals surface area contributed by atoms with Crippen LogP contribution in [0.15, 0.2) is 0 Å². The Morgan fingerprint density at radius 1 is 1.06 bits per heavy atom. The maximum absolute atomic E-state index is 11.1. The van der Waals surface area contributed by atoms with Crippen LogP contribution in [0.1, 0.15) is 19.8 Å². The number of ether oxygens (including phenoxy) is 2. The smallest absolute Gasteiger partial charge is 0.229 e. The molecule has 0 aliphatic heterocycles. The van der Waals surface area contributed by atoms with Crippen LogP contribution in [0.3, 0.4) is 0 Å². The molecule has 0 aromatic carbocycles. The first-order valence-corrected chi connectivity index (χ1v) is 5.83. The molecule has 2 N–H and O–H groups in total. The molecule has 0 aliphatic rings. The van der Waals surface area contributed by atoms with E-state index in [1.807, 2.05) is 6.92 Å². The average molecular weight is 246 g/mol. The number of amides is 2. The van der Waals surface area contributed by atoms with Gasteiger partial charge < -0.3 is 20.1 Å². The van der Waals surface area contributed by atoms with E-state index in [9.17, 15) is 9.59 Å². The molecule has 100 valence electrons. The van der Waals surface area contributed by atoms with Gasteiger partial charge in [0.2, 0.25) is 11.8 Å². The maximum atomic E-state index is 11.1. The summed E-state index contributed by atoms with van der Waals surface area (Å²) < 4.78 is 10.4. The number of hydrogen-bond donors (Lipinski definition) is 2. The van der Waals surface area contributed by atoms with Crippen molar-refractivity contribution < 1.29 is 19.1 Å². The number of rotatable bonds is 10. The summed E-state index contributed by atoms with van der Waals surface area (Å²) in [5.41, 5.74) is 0. The molecule has 0 atom stereocenters. The van der Waals surface area contributed by atoms with Crippen LogP contribution < -0.4 is 10.6 Å². The lowest BCUT2D eigenvalue weighted by atomic mass is 10.4. The molecule has 0 saturated carbocycles. The number of nitrogens with one attached hydrogen (secondary N) is 2. The summed E-state index contributed by atoms with van der Waals surface area (Å²) in [6.07, 6.45) is 0.709. The van der Waals surface area contributed by atoms with Crippen LogP contribution in [0.25, 0.3) is 0 Å². The predicted molar refractivity (Wildman–Crippen MR) is 63.6 cm³/mol. The SMILES string of the molecule is CCOCCCOCCNC(=O)CC(=O)NC. The summed E-state index contributed by atoms with van der Waals surface area (Å²) >= 11 is 0. The second-order valence-corrected chi connectivity index (χ2v) is 3.36. The Bertz CT molecular complexity index is 222. The van der Waals surface area contributed by atoms with Gasteiger partial charge in [-0.2, -0.15) is 0 Å². The van der Waals surface area contributed by atoms with Crippen molar-refractivity contribution in [1.82, 2.24) is 10.6 Å². The fraction of sp³-hybridized carbons (Fsp3) is 0.818.